The number of fused-ring (bicyclic) bond motifs is 1. The van der Waals surface area contributed by atoms with E-state index in [1.807, 2.05) is 0 Å². The van der Waals surface area contributed by atoms with E-state index in [1.165, 1.54) is 19.2 Å². The van der Waals surface area contributed by atoms with Gasteiger partial charge in [-0.05, 0) is 48.5 Å². The third-order valence-corrected chi connectivity index (χ3v) is 5.71. The van der Waals surface area contributed by atoms with Crippen LogP contribution in [-0.2, 0) is 10.9 Å². The summed E-state index contributed by atoms with van der Waals surface area (Å²) in [6.07, 6.45) is -2.83. The number of ether oxygens (including phenoxy) is 1. The van der Waals surface area contributed by atoms with Crippen LogP contribution in [0.15, 0.2) is 83.4 Å². The standard InChI is InChI=1S/C26H17ClF3N3O3/c1-35-25(34)18-7-2-3-8-19(18)31-24-23(32-22-12-9-17(27)14-33(22)24)21-11-10-20(36-21)15-5-4-6-16(13-15)26(28,29)30/h2-14,31H,1H3. The summed E-state index contributed by atoms with van der Waals surface area (Å²) in [5, 5.41) is 3.66. The molecule has 0 aliphatic heterocycles. The highest BCUT2D eigenvalue weighted by Crippen LogP contribution is 2.37. The van der Waals surface area contributed by atoms with Gasteiger partial charge in [0.2, 0.25) is 0 Å². The van der Waals surface area contributed by atoms with Crippen LogP contribution in [0, 0.1) is 0 Å². The first-order valence-electron chi connectivity index (χ1n) is 10.6. The van der Waals surface area contributed by atoms with Gasteiger partial charge >= 0.3 is 12.1 Å². The third-order valence-electron chi connectivity index (χ3n) is 5.48. The lowest BCUT2D eigenvalue weighted by Crippen LogP contribution is -2.06. The Morgan fingerprint density at radius 1 is 1.03 bits per heavy atom. The normalized spacial score (nSPS) is 11.6. The fraction of sp³-hybridized carbons (Fsp3) is 0.0769. The second-order valence-electron chi connectivity index (χ2n) is 7.79. The van der Waals surface area contributed by atoms with E-state index in [4.69, 9.17) is 20.8 Å². The average molecular weight is 512 g/mol. The highest BCUT2D eigenvalue weighted by atomic mass is 35.5. The smallest absolute Gasteiger partial charge is 0.416 e. The van der Waals surface area contributed by atoms with Crippen LogP contribution < -0.4 is 5.32 Å². The zero-order chi connectivity index (χ0) is 25.4. The zero-order valence-electron chi connectivity index (χ0n) is 18.6. The lowest BCUT2D eigenvalue weighted by Gasteiger charge is -2.12. The van der Waals surface area contributed by atoms with Crippen molar-refractivity contribution in [2.24, 2.45) is 0 Å². The van der Waals surface area contributed by atoms with Crippen molar-refractivity contribution in [3.05, 3.63) is 95.1 Å². The molecule has 2 aromatic carbocycles. The fourth-order valence-corrected chi connectivity index (χ4v) is 3.95. The summed E-state index contributed by atoms with van der Waals surface area (Å²) in [7, 11) is 1.29. The molecular weight excluding hydrogens is 495 g/mol. The number of imidazole rings is 1. The van der Waals surface area contributed by atoms with Gasteiger partial charge in [0.05, 0.1) is 28.9 Å². The van der Waals surface area contributed by atoms with E-state index >= 15 is 0 Å². The lowest BCUT2D eigenvalue weighted by atomic mass is 10.1. The van der Waals surface area contributed by atoms with E-state index in [1.54, 1.807) is 59.1 Å². The van der Waals surface area contributed by atoms with Gasteiger partial charge in [-0.25, -0.2) is 9.78 Å². The molecule has 0 amide bonds. The molecule has 0 aliphatic carbocycles. The fourth-order valence-electron chi connectivity index (χ4n) is 3.79. The summed E-state index contributed by atoms with van der Waals surface area (Å²) in [5.74, 6) is 0.456. The minimum Gasteiger partial charge on any atom is -0.465 e. The molecule has 36 heavy (non-hydrogen) atoms. The number of methoxy groups -OCH3 is 1. The van der Waals surface area contributed by atoms with Crippen LogP contribution in [-0.4, -0.2) is 22.5 Å². The second-order valence-corrected chi connectivity index (χ2v) is 8.23. The van der Waals surface area contributed by atoms with Crippen molar-refractivity contribution in [2.45, 2.75) is 6.18 Å². The molecule has 182 valence electrons. The largest absolute Gasteiger partial charge is 0.465 e. The predicted molar refractivity (Wildman–Crippen MR) is 129 cm³/mol. The molecule has 6 nitrogen and oxygen atoms in total. The summed E-state index contributed by atoms with van der Waals surface area (Å²) >= 11 is 6.22. The van der Waals surface area contributed by atoms with Gasteiger partial charge in [-0.15, -0.1) is 0 Å². The number of pyridine rings is 1. The Balaban J connectivity index is 1.62. The van der Waals surface area contributed by atoms with Crippen LogP contribution in [0.4, 0.5) is 24.7 Å². The minimum atomic E-state index is -4.48. The van der Waals surface area contributed by atoms with E-state index in [2.05, 4.69) is 10.3 Å². The Bertz CT molecular complexity index is 1590. The molecule has 0 bridgehead atoms. The number of carbonyl (C=O) groups excluding carboxylic acids is 1. The lowest BCUT2D eigenvalue weighted by molar-refractivity contribution is -0.137. The molecule has 0 saturated heterocycles. The Hall–Kier alpha value is -4.24. The number of hydrogen-bond donors (Lipinski definition) is 1. The van der Waals surface area contributed by atoms with E-state index in [0.29, 0.717) is 39.2 Å². The molecule has 0 spiro atoms. The van der Waals surface area contributed by atoms with Gasteiger partial charge in [0, 0.05) is 11.8 Å². The van der Waals surface area contributed by atoms with Gasteiger partial charge in [-0.3, -0.25) is 4.40 Å². The summed E-state index contributed by atoms with van der Waals surface area (Å²) in [6.45, 7) is 0. The van der Waals surface area contributed by atoms with Crippen molar-refractivity contribution in [3.63, 3.8) is 0 Å². The zero-order valence-corrected chi connectivity index (χ0v) is 19.4. The van der Waals surface area contributed by atoms with E-state index < -0.39 is 17.7 Å². The first kappa shape index (κ1) is 23.5. The van der Waals surface area contributed by atoms with Gasteiger partial charge in [-0.2, -0.15) is 13.2 Å². The topological polar surface area (TPSA) is 68.8 Å². The van der Waals surface area contributed by atoms with E-state index in [9.17, 15) is 18.0 Å². The molecule has 5 rings (SSSR count). The number of aromatic nitrogens is 2. The summed E-state index contributed by atoms with van der Waals surface area (Å²) in [4.78, 5) is 16.9. The van der Waals surface area contributed by atoms with Gasteiger partial charge in [0.15, 0.2) is 5.76 Å². The number of nitrogens with zero attached hydrogens (tertiary/aromatic N) is 2. The Labute approximate surface area is 207 Å². The molecule has 0 saturated carbocycles. The number of esters is 1. The molecule has 3 heterocycles. The summed E-state index contributed by atoms with van der Waals surface area (Å²) in [5.41, 5.74) is 1.15. The minimum absolute atomic E-state index is 0.243. The summed E-state index contributed by atoms with van der Waals surface area (Å²) < 4.78 is 52.1. The molecule has 0 fully saturated rings. The number of hydrogen-bond acceptors (Lipinski definition) is 5. The molecule has 10 heteroatoms. The van der Waals surface area contributed by atoms with Crippen molar-refractivity contribution < 1.29 is 27.1 Å². The molecule has 3 aromatic heterocycles. The first-order chi connectivity index (χ1) is 17.2. The molecule has 0 atom stereocenters. The van der Waals surface area contributed by atoms with Gasteiger partial charge in [-0.1, -0.05) is 35.9 Å². The maximum absolute atomic E-state index is 13.2. The number of furan rings is 1. The first-order valence-corrected chi connectivity index (χ1v) is 11.0. The Morgan fingerprint density at radius 3 is 2.58 bits per heavy atom. The molecule has 0 aliphatic rings. The van der Waals surface area contributed by atoms with E-state index in [0.717, 1.165) is 12.1 Å². The maximum atomic E-state index is 13.2. The van der Waals surface area contributed by atoms with Crippen molar-refractivity contribution in [3.8, 4) is 22.8 Å². The van der Waals surface area contributed by atoms with Gasteiger partial charge in [0.1, 0.15) is 22.9 Å². The molecular formula is C26H17ClF3N3O3. The van der Waals surface area contributed by atoms with E-state index in [-0.39, 0.29) is 11.3 Å². The van der Waals surface area contributed by atoms with Crippen LogP contribution in [0.2, 0.25) is 5.02 Å². The van der Waals surface area contributed by atoms with Crippen LogP contribution in [0.5, 0.6) is 0 Å². The molecule has 0 unspecified atom stereocenters. The number of carbonyl (C=O) groups is 1. The molecule has 5 aromatic rings. The monoisotopic (exact) mass is 511 g/mol. The van der Waals surface area contributed by atoms with Crippen LogP contribution in [0.1, 0.15) is 15.9 Å². The molecule has 0 radical (unpaired) electrons. The quantitative estimate of drug-likeness (QED) is 0.248. The van der Waals surface area contributed by atoms with Crippen LogP contribution in [0.25, 0.3) is 28.4 Å². The van der Waals surface area contributed by atoms with Crippen molar-refractivity contribution >= 4 is 34.7 Å². The van der Waals surface area contributed by atoms with Crippen molar-refractivity contribution in [1.82, 2.24) is 9.38 Å². The van der Waals surface area contributed by atoms with Crippen LogP contribution >= 0.6 is 11.6 Å². The highest BCUT2D eigenvalue weighted by Gasteiger charge is 2.30. The number of alkyl halides is 3. The Morgan fingerprint density at radius 2 is 1.81 bits per heavy atom. The Kier molecular flexibility index (Phi) is 5.93. The number of halogens is 4. The number of benzene rings is 2. The maximum Gasteiger partial charge on any atom is 0.416 e. The number of nitrogens with one attached hydrogen (secondary N) is 1. The van der Waals surface area contributed by atoms with Gasteiger partial charge in [0.25, 0.3) is 0 Å². The highest BCUT2D eigenvalue weighted by molar-refractivity contribution is 6.30. The summed E-state index contributed by atoms with van der Waals surface area (Å²) in [6, 6.07) is 18.2. The third kappa shape index (κ3) is 4.40. The van der Waals surface area contributed by atoms with Crippen molar-refractivity contribution in [2.75, 3.05) is 12.4 Å². The molecule has 1 N–H and O–H groups in total. The van der Waals surface area contributed by atoms with Crippen molar-refractivity contribution in [1.29, 1.82) is 0 Å². The predicted octanol–water partition coefficient (Wildman–Crippen LogP) is 7.46. The number of para-hydroxylation sites is 1. The second kappa shape index (κ2) is 9.09. The van der Waals surface area contributed by atoms with Gasteiger partial charge < -0.3 is 14.5 Å². The number of rotatable bonds is 5. The number of anilines is 2. The average Bonchev–Trinajstić information content (AvgIpc) is 3.49. The van der Waals surface area contributed by atoms with Crippen LogP contribution in [0.3, 0.4) is 0 Å². The SMILES string of the molecule is COC(=O)c1ccccc1Nc1c(-c2ccc(-c3cccc(C(F)(F)F)c3)o2)nc2ccc(Cl)cn12.